The first-order chi connectivity index (χ1) is 8.74. The minimum Gasteiger partial charge on any atom is -0.389 e. The number of anilines is 1. The highest BCUT2D eigenvalue weighted by Crippen LogP contribution is 2.40. The second-order valence-electron chi connectivity index (χ2n) is 4.76. The Morgan fingerprint density at radius 3 is 2.78 bits per heavy atom. The van der Waals surface area contributed by atoms with E-state index in [1.165, 1.54) is 30.7 Å². The number of nitrogens with zero attached hydrogens (tertiary/aromatic N) is 1. The molecule has 1 aromatic carbocycles. The lowest BCUT2D eigenvalue weighted by Gasteiger charge is -2.02. The predicted octanol–water partition coefficient (Wildman–Crippen LogP) is 4.81. The maximum atomic E-state index is 6.13. The fourth-order valence-electron chi connectivity index (χ4n) is 2.54. The molecule has 18 heavy (non-hydrogen) atoms. The van der Waals surface area contributed by atoms with Gasteiger partial charge in [-0.05, 0) is 25.0 Å². The van der Waals surface area contributed by atoms with Crippen molar-refractivity contribution in [3.63, 3.8) is 0 Å². The highest BCUT2D eigenvalue weighted by molar-refractivity contribution is 9.10. The van der Waals surface area contributed by atoms with E-state index < -0.39 is 0 Å². The van der Waals surface area contributed by atoms with Gasteiger partial charge >= 0.3 is 0 Å². The number of benzene rings is 1. The molecule has 1 heterocycles. The zero-order valence-corrected chi connectivity index (χ0v) is 12.4. The zero-order valence-electron chi connectivity index (χ0n) is 10.0. The normalized spacial score (nSPS) is 16.3. The summed E-state index contributed by atoms with van der Waals surface area (Å²) in [5.41, 5.74) is 8.18. The Labute approximate surface area is 119 Å². The Morgan fingerprint density at radius 2 is 2.06 bits per heavy atom. The van der Waals surface area contributed by atoms with Gasteiger partial charge in [0, 0.05) is 16.0 Å². The Bertz CT molecular complexity index is 559. The smallest absolute Gasteiger partial charge is 0.114 e. The van der Waals surface area contributed by atoms with Gasteiger partial charge in [-0.1, -0.05) is 40.9 Å². The molecule has 0 amide bonds. The van der Waals surface area contributed by atoms with Gasteiger partial charge in [-0.2, -0.15) is 0 Å². The Morgan fingerprint density at radius 1 is 1.28 bits per heavy atom. The molecule has 0 bridgehead atoms. The van der Waals surface area contributed by atoms with Crippen molar-refractivity contribution >= 4 is 32.3 Å². The van der Waals surface area contributed by atoms with Gasteiger partial charge in [0.1, 0.15) is 10.7 Å². The highest BCUT2D eigenvalue weighted by Gasteiger charge is 2.22. The van der Waals surface area contributed by atoms with Crippen molar-refractivity contribution in [3.8, 4) is 11.3 Å². The molecular formula is C14H15BrN2S. The molecule has 94 valence electrons. The van der Waals surface area contributed by atoms with Crippen LogP contribution in [0.4, 0.5) is 5.00 Å². The van der Waals surface area contributed by atoms with Crippen LogP contribution in [-0.2, 0) is 0 Å². The predicted molar refractivity (Wildman–Crippen MR) is 80.9 cm³/mol. The molecule has 0 unspecified atom stereocenters. The van der Waals surface area contributed by atoms with Gasteiger partial charge in [-0.25, -0.2) is 4.98 Å². The van der Waals surface area contributed by atoms with E-state index in [9.17, 15) is 0 Å². The van der Waals surface area contributed by atoms with E-state index in [1.54, 1.807) is 11.3 Å². The van der Waals surface area contributed by atoms with E-state index in [-0.39, 0.29) is 0 Å². The number of halogens is 1. The number of hydrogen-bond donors (Lipinski definition) is 1. The van der Waals surface area contributed by atoms with Gasteiger partial charge < -0.3 is 5.73 Å². The second kappa shape index (κ2) is 5.02. The molecule has 4 heteroatoms. The summed E-state index contributed by atoms with van der Waals surface area (Å²) in [6.07, 6.45) is 5.20. The van der Waals surface area contributed by atoms with E-state index in [1.807, 2.05) is 12.1 Å². The van der Waals surface area contributed by atoms with Crippen LogP contribution >= 0.6 is 27.3 Å². The number of nitrogens with two attached hydrogens (primary N) is 1. The topological polar surface area (TPSA) is 38.9 Å². The maximum absolute atomic E-state index is 6.13. The average molecular weight is 323 g/mol. The lowest BCUT2D eigenvalue weighted by molar-refractivity contribution is 0.717. The Balaban J connectivity index is 1.97. The summed E-state index contributed by atoms with van der Waals surface area (Å²) in [5.74, 6) is 0.637. The number of aromatic nitrogens is 1. The average Bonchev–Trinajstić information content (AvgIpc) is 2.97. The molecule has 1 fully saturated rings. The lowest BCUT2D eigenvalue weighted by atomic mass is 10.1. The summed E-state index contributed by atoms with van der Waals surface area (Å²) in [4.78, 5) is 4.78. The standard InChI is InChI=1S/C14H15BrN2S/c15-11-7-3-6-10(8-11)12-13(16)18-14(17-12)9-4-1-2-5-9/h3,6-9H,1-2,4-5,16H2. The van der Waals surface area contributed by atoms with Crippen molar-refractivity contribution in [2.75, 3.05) is 5.73 Å². The molecular weight excluding hydrogens is 308 g/mol. The van der Waals surface area contributed by atoms with Crippen LogP contribution in [0.5, 0.6) is 0 Å². The maximum Gasteiger partial charge on any atom is 0.114 e. The fourth-order valence-corrected chi connectivity index (χ4v) is 3.96. The van der Waals surface area contributed by atoms with Crippen molar-refractivity contribution in [1.82, 2.24) is 4.98 Å². The van der Waals surface area contributed by atoms with Crippen LogP contribution in [0.15, 0.2) is 28.7 Å². The zero-order chi connectivity index (χ0) is 12.5. The van der Waals surface area contributed by atoms with Gasteiger partial charge in [-0.3, -0.25) is 0 Å². The summed E-state index contributed by atoms with van der Waals surface area (Å²) >= 11 is 5.16. The Hall–Kier alpha value is -0.870. The summed E-state index contributed by atoms with van der Waals surface area (Å²) in [7, 11) is 0. The molecule has 2 nitrogen and oxygen atoms in total. The van der Waals surface area contributed by atoms with Crippen LogP contribution in [0, 0.1) is 0 Å². The quantitative estimate of drug-likeness (QED) is 0.861. The molecule has 0 atom stereocenters. The molecule has 0 saturated heterocycles. The van der Waals surface area contributed by atoms with Crippen LogP contribution in [0.3, 0.4) is 0 Å². The summed E-state index contributed by atoms with van der Waals surface area (Å²) in [5, 5.41) is 2.06. The van der Waals surface area contributed by atoms with Crippen molar-refractivity contribution < 1.29 is 0 Å². The molecule has 1 saturated carbocycles. The first-order valence-corrected chi connectivity index (χ1v) is 7.87. The first-order valence-electron chi connectivity index (χ1n) is 6.26. The number of nitrogen functional groups attached to an aromatic ring is 1. The molecule has 2 aromatic rings. The molecule has 3 rings (SSSR count). The van der Waals surface area contributed by atoms with Gasteiger partial charge in [0.2, 0.25) is 0 Å². The summed E-state index contributed by atoms with van der Waals surface area (Å²) in [6, 6.07) is 8.18. The van der Waals surface area contributed by atoms with Crippen LogP contribution in [0.2, 0.25) is 0 Å². The molecule has 0 radical (unpaired) electrons. The lowest BCUT2D eigenvalue weighted by Crippen LogP contribution is -1.91. The van der Waals surface area contributed by atoms with E-state index >= 15 is 0 Å². The van der Waals surface area contributed by atoms with E-state index in [4.69, 9.17) is 10.7 Å². The highest BCUT2D eigenvalue weighted by atomic mass is 79.9. The van der Waals surface area contributed by atoms with Crippen LogP contribution in [0.25, 0.3) is 11.3 Å². The van der Waals surface area contributed by atoms with E-state index in [0.29, 0.717) is 5.92 Å². The van der Waals surface area contributed by atoms with Crippen molar-refractivity contribution in [2.24, 2.45) is 0 Å². The van der Waals surface area contributed by atoms with Crippen molar-refractivity contribution in [3.05, 3.63) is 33.7 Å². The van der Waals surface area contributed by atoms with Gasteiger partial charge in [0.15, 0.2) is 0 Å². The minimum absolute atomic E-state index is 0.637. The first kappa shape index (κ1) is 12.2. The second-order valence-corrected chi connectivity index (χ2v) is 6.73. The molecule has 1 aromatic heterocycles. The summed E-state index contributed by atoms with van der Waals surface area (Å²) in [6.45, 7) is 0. The van der Waals surface area contributed by atoms with Crippen LogP contribution in [-0.4, -0.2) is 4.98 Å². The van der Waals surface area contributed by atoms with E-state index in [0.717, 1.165) is 20.7 Å². The monoisotopic (exact) mass is 322 g/mol. The third-order valence-corrected chi connectivity index (χ3v) is 5.01. The largest absolute Gasteiger partial charge is 0.389 e. The number of hydrogen-bond acceptors (Lipinski definition) is 3. The molecule has 1 aliphatic rings. The summed E-state index contributed by atoms with van der Waals surface area (Å²) < 4.78 is 1.06. The fraction of sp³-hybridized carbons (Fsp3) is 0.357. The molecule has 0 spiro atoms. The number of thiazole rings is 1. The van der Waals surface area contributed by atoms with Gasteiger partial charge in [-0.15, -0.1) is 11.3 Å². The SMILES string of the molecule is Nc1sc(C2CCCC2)nc1-c1cccc(Br)c1. The van der Waals surface area contributed by atoms with Gasteiger partial charge in [0.05, 0.1) is 5.01 Å². The third kappa shape index (κ3) is 2.31. The number of rotatable bonds is 2. The van der Waals surface area contributed by atoms with Crippen LogP contribution < -0.4 is 5.73 Å². The minimum atomic E-state index is 0.637. The third-order valence-electron chi connectivity index (χ3n) is 3.47. The molecule has 1 aliphatic carbocycles. The van der Waals surface area contributed by atoms with Crippen molar-refractivity contribution in [1.29, 1.82) is 0 Å². The Kier molecular flexibility index (Phi) is 3.39. The molecule has 2 N–H and O–H groups in total. The van der Waals surface area contributed by atoms with Gasteiger partial charge in [0.25, 0.3) is 0 Å². The molecule has 0 aliphatic heterocycles. The van der Waals surface area contributed by atoms with Crippen molar-refractivity contribution in [2.45, 2.75) is 31.6 Å². The van der Waals surface area contributed by atoms with Crippen LogP contribution in [0.1, 0.15) is 36.6 Å². The van der Waals surface area contributed by atoms with E-state index in [2.05, 4.69) is 28.1 Å².